The van der Waals surface area contributed by atoms with Gasteiger partial charge in [-0.25, -0.2) is 9.97 Å². The van der Waals surface area contributed by atoms with E-state index in [-0.39, 0.29) is 0 Å². The molecule has 0 N–H and O–H groups in total. The van der Waals surface area contributed by atoms with Crippen molar-refractivity contribution in [2.75, 3.05) is 0 Å². The van der Waals surface area contributed by atoms with Crippen LogP contribution in [0.5, 0.6) is 0 Å². The van der Waals surface area contributed by atoms with Crippen molar-refractivity contribution in [3.63, 3.8) is 0 Å². The highest BCUT2D eigenvalue weighted by Crippen LogP contribution is 2.43. The summed E-state index contributed by atoms with van der Waals surface area (Å²) in [4.78, 5) is 10.8. The van der Waals surface area contributed by atoms with Crippen molar-refractivity contribution in [1.29, 1.82) is 0 Å². The van der Waals surface area contributed by atoms with Crippen LogP contribution in [0.25, 0.3) is 110 Å². The zero-order valence-corrected chi connectivity index (χ0v) is 29.8. The van der Waals surface area contributed by atoms with E-state index in [2.05, 4.69) is 176 Å². The Kier molecular flexibility index (Phi) is 7.17. The first-order chi connectivity index (χ1) is 27.3. The van der Waals surface area contributed by atoms with Crippen LogP contribution in [0.3, 0.4) is 0 Å². The summed E-state index contributed by atoms with van der Waals surface area (Å²) < 4.78 is 6.34. The molecule has 0 spiro atoms. The molecule has 11 rings (SSSR count). The number of rotatable bonds is 5. The molecule has 0 saturated carbocycles. The minimum atomic E-state index is 0.677. The van der Waals surface area contributed by atoms with Crippen molar-refractivity contribution in [3.05, 3.63) is 194 Å². The fourth-order valence-electron chi connectivity index (χ4n) is 8.32. The Morgan fingerprint density at radius 2 is 0.945 bits per heavy atom. The second-order valence-electron chi connectivity index (χ2n) is 14.1. The van der Waals surface area contributed by atoms with E-state index in [1.807, 2.05) is 18.2 Å². The zero-order chi connectivity index (χ0) is 36.3. The maximum atomic E-state index is 6.34. The van der Waals surface area contributed by atoms with Crippen molar-refractivity contribution >= 4 is 54.3 Å². The molecule has 3 heteroatoms. The van der Waals surface area contributed by atoms with Gasteiger partial charge in [0.05, 0.1) is 11.4 Å². The van der Waals surface area contributed by atoms with Gasteiger partial charge in [-0.05, 0) is 78.8 Å². The van der Waals surface area contributed by atoms with Gasteiger partial charge in [-0.1, -0.05) is 170 Å². The maximum absolute atomic E-state index is 6.34. The van der Waals surface area contributed by atoms with Gasteiger partial charge in [0.2, 0.25) is 0 Å². The van der Waals surface area contributed by atoms with Crippen molar-refractivity contribution in [1.82, 2.24) is 9.97 Å². The van der Waals surface area contributed by atoms with E-state index in [1.54, 1.807) is 0 Å². The topological polar surface area (TPSA) is 38.9 Å². The lowest BCUT2D eigenvalue weighted by Gasteiger charge is -2.17. The van der Waals surface area contributed by atoms with E-state index in [9.17, 15) is 0 Å². The lowest BCUT2D eigenvalue weighted by molar-refractivity contribution is 0.669. The highest BCUT2D eigenvalue weighted by atomic mass is 16.3. The standard InChI is InChI=1S/C52H32N2O/c1-2-13-33(14-3-1)34-25-27-36(28-26-34)52-53-46(41-20-9-8-19-40(41)42-22-12-24-49-51(42)44-21-10-11-23-48(44)55-49)32-47(54-52)50-39-18-7-5-16-37(39)31-45-38-17-6-4-15-35(38)29-30-43(45)50/h1-32H. The maximum Gasteiger partial charge on any atom is 0.160 e. The van der Waals surface area contributed by atoms with Gasteiger partial charge in [-0.3, -0.25) is 0 Å². The largest absolute Gasteiger partial charge is 0.456 e. The summed E-state index contributed by atoms with van der Waals surface area (Å²) in [6, 6.07) is 68.6. The second kappa shape index (κ2) is 12.6. The van der Waals surface area contributed by atoms with Crippen molar-refractivity contribution in [2.45, 2.75) is 0 Å². The monoisotopic (exact) mass is 700 g/mol. The first-order valence-corrected chi connectivity index (χ1v) is 18.7. The molecule has 0 aliphatic heterocycles. The molecule has 2 aromatic heterocycles. The Hall–Kier alpha value is -7.36. The van der Waals surface area contributed by atoms with Gasteiger partial charge in [-0.15, -0.1) is 0 Å². The predicted octanol–water partition coefficient (Wildman–Crippen LogP) is 14.2. The average molecular weight is 701 g/mol. The van der Waals surface area contributed by atoms with Crippen LogP contribution in [0.15, 0.2) is 199 Å². The van der Waals surface area contributed by atoms with E-state index in [1.165, 1.54) is 27.1 Å². The van der Waals surface area contributed by atoms with Gasteiger partial charge in [0.25, 0.3) is 0 Å². The zero-order valence-electron chi connectivity index (χ0n) is 29.8. The first-order valence-electron chi connectivity index (χ1n) is 18.7. The number of aromatic nitrogens is 2. The molecule has 9 aromatic carbocycles. The third kappa shape index (κ3) is 5.20. The van der Waals surface area contributed by atoms with E-state index < -0.39 is 0 Å². The molecule has 0 unspecified atom stereocenters. The molecule has 256 valence electrons. The molecule has 0 radical (unpaired) electrons. The van der Waals surface area contributed by atoms with Gasteiger partial charge < -0.3 is 4.42 Å². The van der Waals surface area contributed by atoms with E-state index in [0.717, 1.165) is 77.5 Å². The minimum absolute atomic E-state index is 0.677. The summed E-state index contributed by atoms with van der Waals surface area (Å²) in [7, 11) is 0. The normalized spacial score (nSPS) is 11.6. The summed E-state index contributed by atoms with van der Waals surface area (Å²) in [6.07, 6.45) is 0. The van der Waals surface area contributed by atoms with Crippen LogP contribution >= 0.6 is 0 Å². The smallest absolute Gasteiger partial charge is 0.160 e. The summed E-state index contributed by atoms with van der Waals surface area (Å²) >= 11 is 0. The molecule has 2 heterocycles. The van der Waals surface area contributed by atoms with E-state index >= 15 is 0 Å². The molecule has 11 aromatic rings. The van der Waals surface area contributed by atoms with Gasteiger partial charge >= 0.3 is 0 Å². The van der Waals surface area contributed by atoms with Crippen LogP contribution in [0, 0.1) is 0 Å². The highest BCUT2D eigenvalue weighted by Gasteiger charge is 2.20. The summed E-state index contributed by atoms with van der Waals surface area (Å²) in [6.45, 7) is 0. The number of furan rings is 1. The van der Waals surface area contributed by atoms with Gasteiger partial charge in [0.1, 0.15) is 11.2 Å². The Labute approximate surface area is 317 Å². The molecule has 0 atom stereocenters. The number of hydrogen-bond donors (Lipinski definition) is 0. The number of fused-ring (bicyclic) bond motifs is 7. The fourth-order valence-corrected chi connectivity index (χ4v) is 8.32. The number of hydrogen-bond acceptors (Lipinski definition) is 3. The molecular weight excluding hydrogens is 669 g/mol. The quantitative estimate of drug-likeness (QED) is 0.133. The van der Waals surface area contributed by atoms with Gasteiger partial charge in [-0.2, -0.15) is 0 Å². The Morgan fingerprint density at radius 1 is 0.327 bits per heavy atom. The van der Waals surface area contributed by atoms with Crippen LogP contribution in [0.4, 0.5) is 0 Å². The number of nitrogens with zero attached hydrogens (tertiary/aromatic N) is 2. The third-order valence-electron chi connectivity index (χ3n) is 10.9. The number of benzene rings is 9. The number of para-hydroxylation sites is 1. The predicted molar refractivity (Wildman–Crippen MR) is 229 cm³/mol. The van der Waals surface area contributed by atoms with Crippen LogP contribution in [0.2, 0.25) is 0 Å². The van der Waals surface area contributed by atoms with E-state index in [0.29, 0.717) is 5.82 Å². The van der Waals surface area contributed by atoms with Crippen molar-refractivity contribution < 1.29 is 4.42 Å². The molecule has 0 amide bonds. The summed E-state index contributed by atoms with van der Waals surface area (Å²) in [5.74, 6) is 0.677. The molecule has 0 aliphatic carbocycles. The molecule has 0 saturated heterocycles. The molecule has 3 nitrogen and oxygen atoms in total. The van der Waals surface area contributed by atoms with Crippen LogP contribution in [-0.2, 0) is 0 Å². The van der Waals surface area contributed by atoms with Gasteiger partial charge in [0.15, 0.2) is 5.82 Å². The van der Waals surface area contributed by atoms with Crippen LogP contribution in [-0.4, -0.2) is 9.97 Å². The minimum Gasteiger partial charge on any atom is -0.456 e. The molecule has 0 bridgehead atoms. The third-order valence-corrected chi connectivity index (χ3v) is 10.9. The summed E-state index contributed by atoms with van der Waals surface area (Å²) in [5.41, 5.74) is 11.1. The lowest BCUT2D eigenvalue weighted by Crippen LogP contribution is -1.98. The average Bonchev–Trinajstić information content (AvgIpc) is 3.65. The van der Waals surface area contributed by atoms with Crippen LogP contribution in [0.1, 0.15) is 0 Å². The SMILES string of the molecule is c1ccc(-c2ccc(-c3nc(-c4ccccc4-c4cccc5oc6ccccc6c45)cc(-c4c5ccccc5cc5c4ccc4ccccc45)n3)cc2)cc1. The molecule has 0 aliphatic rings. The Morgan fingerprint density at radius 3 is 1.80 bits per heavy atom. The highest BCUT2D eigenvalue weighted by molar-refractivity contribution is 6.20. The Bertz CT molecular complexity index is 3250. The van der Waals surface area contributed by atoms with Crippen LogP contribution < -0.4 is 0 Å². The van der Waals surface area contributed by atoms with Gasteiger partial charge in [0, 0.05) is 27.5 Å². The lowest BCUT2D eigenvalue weighted by atomic mass is 9.90. The molecular formula is C52H32N2O. The first kappa shape index (κ1) is 31.2. The Balaban J connectivity index is 1.19. The van der Waals surface area contributed by atoms with Crippen molar-refractivity contribution in [2.24, 2.45) is 0 Å². The molecule has 55 heavy (non-hydrogen) atoms. The second-order valence-corrected chi connectivity index (χ2v) is 14.1. The summed E-state index contributed by atoms with van der Waals surface area (Å²) in [5, 5.41) is 9.34. The van der Waals surface area contributed by atoms with Crippen molar-refractivity contribution in [3.8, 4) is 56.2 Å². The fraction of sp³-hybridized carbons (Fsp3) is 0. The van der Waals surface area contributed by atoms with E-state index in [4.69, 9.17) is 14.4 Å². The molecule has 0 fully saturated rings.